The fraction of sp³-hybridized carbons (Fsp3) is 0.812. The van der Waals surface area contributed by atoms with Crippen molar-refractivity contribution in [1.82, 2.24) is 19.4 Å². The van der Waals surface area contributed by atoms with Crippen molar-refractivity contribution >= 4 is 40.6 Å². The van der Waals surface area contributed by atoms with Crippen molar-refractivity contribution in [2.45, 2.75) is 185 Å². The first-order valence-corrected chi connectivity index (χ1v) is 24.7. The highest BCUT2D eigenvalue weighted by Gasteiger charge is 2.62. The van der Waals surface area contributed by atoms with Gasteiger partial charge in [0.1, 0.15) is 34.9 Å². The van der Waals surface area contributed by atoms with E-state index in [9.17, 15) is 19.8 Å². The molecule has 18 heteroatoms. The van der Waals surface area contributed by atoms with E-state index in [1.807, 2.05) is 77.2 Å². The van der Waals surface area contributed by atoms with E-state index < -0.39 is 113 Å². The maximum atomic E-state index is 15.1. The quantitative estimate of drug-likeness (QED) is 0.275. The van der Waals surface area contributed by atoms with Crippen molar-refractivity contribution in [3.8, 4) is 0 Å². The number of ether oxygens (including phenoxy) is 8. The number of imidazole rings is 1. The third-order valence-corrected chi connectivity index (χ3v) is 16.5. The minimum absolute atomic E-state index is 0.119. The molecule has 4 aliphatic rings. The van der Waals surface area contributed by atoms with Gasteiger partial charge in [-0.25, -0.2) is 9.97 Å². The second-order valence-electron chi connectivity index (χ2n) is 20.2. The molecule has 2 aromatic rings. The van der Waals surface area contributed by atoms with Gasteiger partial charge in [-0.2, -0.15) is 0 Å². The number of esters is 2. The molecule has 66 heavy (non-hydrogen) atoms. The number of carbonyl (C=O) groups excluding carboxylic acids is 3. The Kier molecular flexibility index (Phi) is 16.8. The van der Waals surface area contributed by atoms with Gasteiger partial charge in [-0.15, -0.1) is 11.8 Å². The summed E-state index contributed by atoms with van der Waals surface area (Å²) in [6.45, 7) is 18.8. The molecule has 17 nitrogen and oxygen atoms in total. The molecule has 2 unspecified atom stereocenters. The summed E-state index contributed by atoms with van der Waals surface area (Å²) in [6.07, 6.45) is -3.41. The van der Waals surface area contributed by atoms with Crippen LogP contribution >= 0.6 is 11.8 Å². The lowest BCUT2D eigenvalue weighted by Crippen LogP contribution is -2.61. The maximum absolute atomic E-state index is 15.1. The molecule has 4 aliphatic heterocycles. The first-order valence-electron chi connectivity index (χ1n) is 23.6. The minimum atomic E-state index is -1.38. The second-order valence-corrected chi connectivity index (χ2v) is 21.4. The number of methoxy groups -OCH3 is 2. The van der Waals surface area contributed by atoms with Gasteiger partial charge in [-0.1, -0.05) is 27.7 Å². The molecule has 0 radical (unpaired) electrons. The summed E-state index contributed by atoms with van der Waals surface area (Å²) in [4.78, 5) is 55.1. The van der Waals surface area contributed by atoms with Crippen LogP contribution in [0.2, 0.25) is 0 Å². The number of ketones is 1. The summed E-state index contributed by atoms with van der Waals surface area (Å²) in [7, 11) is 6.87. The van der Waals surface area contributed by atoms with Gasteiger partial charge in [0.25, 0.3) is 0 Å². The van der Waals surface area contributed by atoms with E-state index in [2.05, 4.69) is 9.97 Å². The van der Waals surface area contributed by atoms with Crippen LogP contribution in [-0.4, -0.2) is 165 Å². The van der Waals surface area contributed by atoms with Crippen LogP contribution in [0.25, 0.3) is 11.2 Å². The van der Waals surface area contributed by atoms with E-state index in [-0.39, 0.29) is 37.2 Å². The Balaban J connectivity index is 1.42. The number of aliphatic hydroxyl groups excluding tert-OH is 2. The number of likely N-dealkylation sites (N-methyl/N-ethyl adjacent to an activating group) is 1. The summed E-state index contributed by atoms with van der Waals surface area (Å²) < 4.78 is 53.6. The van der Waals surface area contributed by atoms with Gasteiger partial charge in [0.05, 0.1) is 47.9 Å². The Morgan fingerprint density at radius 2 is 1.62 bits per heavy atom. The number of aromatic nitrogens is 3. The average molecular weight is 949 g/mol. The molecule has 0 bridgehead atoms. The van der Waals surface area contributed by atoms with Crippen LogP contribution in [0.3, 0.4) is 0 Å². The van der Waals surface area contributed by atoms with Crippen LogP contribution in [-0.2, 0) is 58.8 Å². The van der Waals surface area contributed by atoms with Crippen LogP contribution in [0.15, 0.2) is 24.7 Å². The largest absolute Gasteiger partial charge is 0.458 e. The van der Waals surface area contributed by atoms with Crippen molar-refractivity contribution in [3.05, 3.63) is 24.7 Å². The SMILES string of the molecule is CC[C@H]1OC(=O)[C@H](C)[C@@H](O[C@H]2C[C@@](C)(OC)[C@@H](O)[C@@H](C)O2)[C@H](C)[C@@H](O[C@@H]2O[C@H](C)C[C@H](N(C)C)[C@H]2O)[C@](C)(OC)C[C@@H](C)C(=O)[C@H](C)C2C(SCCn3cnc4cccnc43)C(=O)O[C@@]21C. The zero-order valence-electron chi connectivity index (χ0n) is 41.4. The van der Waals surface area contributed by atoms with E-state index >= 15 is 4.79 Å². The number of thioether (sulfide) groups is 1. The molecule has 19 atom stereocenters. The Hall–Kier alpha value is -2.78. The Labute approximate surface area is 394 Å². The van der Waals surface area contributed by atoms with Crippen LogP contribution in [0.5, 0.6) is 0 Å². The fourth-order valence-electron chi connectivity index (χ4n) is 11.2. The summed E-state index contributed by atoms with van der Waals surface area (Å²) >= 11 is 1.41. The zero-order valence-corrected chi connectivity index (χ0v) is 42.2. The lowest BCUT2D eigenvalue weighted by Gasteiger charge is -2.50. The van der Waals surface area contributed by atoms with Crippen LogP contribution in [0, 0.1) is 29.6 Å². The number of fused-ring (bicyclic) bond motifs is 2. The molecule has 0 aliphatic carbocycles. The molecule has 4 saturated heterocycles. The highest BCUT2D eigenvalue weighted by atomic mass is 32.2. The van der Waals surface area contributed by atoms with Crippen molar-refractivity contribution in [2.75, 3.05) is 34.1 Å². The van der Waals surface area contributed by atoms with E-state index in [4.69, 9.17) is 37.9 Å². The van der Waals surface area contributed by atoms with Gasteiger partial charge in [0, 0.05) is 68.8 Å². The fourth-order valence-corrected chi connectivity index (χ4v) is 12.7. The first-order chi connectivity index (χ1) is 31.0. The van der Waals surface area contributed by atoms with E-state index in [1.54, 1.807) is 47.3 Å². The van der Waals surface area contributed by atoms with Gasteiger partial charge in [-0.05, 0) is 87.0 Å². The Morgan fingerprint density at radius 3 is 2.27 bits per heavy atom. The van der Waals surface area contributed by atoms with Crippen LogP contribution in [0.1, 0.15) is 94.9 Å². The lowest BCUT2D eigenvalue weighted by molar-refractivity contribution is -0.319. The molecule has 372 valence electrons. The number of pyridine rings is 1. The average Bonchev–Trinajstić information content (AvgIpc) is 3.81. The number of cyclic esters (lactones) is 1. The van der Waals surface area contributed by atoms with Crippen molar-refractivity contribution in [2.24, 2.45) is 29.6 Å². The molecule has 0 aromatic carbocycles. The van der Waals surface area contributed by atoms with Crippen LogP contribution in [0.4, 0.5) is 0 Å². The lowest BCUT2D eigenvalue weighted by atomic mass is 9.70. The van der Waals surface area contributed by atoms with E-state index in [1.165, 1.54) is 18.9 Å². The van der Waals surface area contributed by atoms with Crippen LogP contribution < -0.4 is 0 Å². The molecule has 2 N–H and O–H groups in total. The van der Waals surface area contributed by atoms with E-state index in [0.717, 1.165) is 11.2 Å². The number of aryl methyl sites for hydroxylation is 1. The summed E-state index contributed by atoms with van der Waals surface area (Å²) in [6, 6.07) is 3.42. The van der Waals surface area contributed by atoms with Gasteiger partial charge in [0.2, 0.25) is 0 Å². The molecule has 0 amide bonds. The Bertz CT molecular complexity index is 1990. The summed E-state index contributed by atoms with van der Waals surface area (Å²) in [5, 5.41) is 22.2. The normalized spacial score (nSPS) is 43.1. The maximum Gasteiger partial charge on any atom is 0.320 e. The third-order valence-electron chi connectivity index (χ3n) is 15.3. The van der Waals surface area contributed by atoms with E-state index in [0.29, 0.717) is 18.7 Å². The monoisotopic (exact) mass is 949 g/mol. The second kappa shape index (κ2) is 21.1. The van der Waals surface area contributed by atoms with Gasteiger partial charge < -0.3 is 57.6 Å². The van der Waals surface area contributed by atoms with Crippen molar-refractivity contribution in [1.29, 1.82) is 0 Å². The zero-order chi connectivity index (χ0) is 48.6. The third kappa shape index (κ3) is 10.4. The molecule has 0 spiro atoms. The molecule has 6 rings (SSSR count). The molecule has 2 aromatic heterocycles. The summed E-state index contributed by atoms with van der Waals surface area (Å²) in [5.74, 6) is -4.52. The predicted molar refractivity (Wildman–Crippen MR) is 246 cm³/mol. The van der Waals surface area contributed by atoms with Gasteiger partial charge in [-0.3, -0.25) is 14.4 Å². The molecule has 6 heterocycles. The molecule has 4 fully saturated rings. The highest BCUT2D eigenvalue weighted by Crippen LogP contribution is 2.49. The van der Waals surface area contributed by atoms with Crippen molar-refractivity contribution in [3.63, 3.8) is 0 Å². The molecular weight excluding hydrogens is 873 g/mol. The predicted octanol–water partition coefficient (Wildman–Crippen LogP) is 4.81. The number of rotatable bonds is 12. The highest BCUT2D eigenvalue weighted by molar-refractivity contribution is 8.00. The van der Waals surface area contributed by atoms with Gasteiger partial charge >= 0.3 is 11.9 Å². The van der Waals surface area contributed by atoms with Crippen molar-refractivity contribution < 1.29 is 62.5 Å². The minimum Gasteiger partial charge on any atom is -0.458 e. The summed E-state index contributed by atoms with van der Waals surface area (Å²) in [5.41, 5.74) is -2.20. The smallest absolute Gasteiger partial charge is 0.320 e. The van der Waals surface area contributed by atoms with Gasteiger partial charge in [0.15, 0.2) is 23.8 Å². The first kappa shape index (κ1) is 52.6. The standard InChI is InChI=1S/C48H76N4O13S/c1-15-33-48(10)35(39(44(57)65-48)66-20-19-52-24-50-31-17-16-18-49-42(31)52)27(4)36(53)25(2)22-47(9,59-14)41(64-45-37(54)32(51(11)12)21-26(3)60-45)28(5)38(29(6)43(56)62-33)63-34-23-46(8,58-13)40(55)30(7)61-34/h16-18,24-30,32-35,37-41,45,54-55H,15,19-23H2,1-14H3/t25-,26-,27-,28+,29-,30-,32+,33-,34+,35?,37-,38+,39?,40+,41-,45+,46-,47-,48-/m1/s1. The molecule has 0 saturated carbocycles. The number of nitrogens with zero attached hydrogens (tertiary/aromatic N) is 4. The number of hydrogen-bond acceptors (Lipinski definition) is 17. The topological polar surface area (TPSA) is 199 Å². The number of aliphatic hydroxyl groups is 2. The number of Topliss-reactive ketones (excluding diaryl/α,β-unsaturated/α-hetero) is 1. The Morgan fingerprint density at radius 1 is 0.924 bits per heavy atom. The number of carbonyl (C=O) groups is 3. The molecular formula is C48H76N4O13S. The number of hydrogen-bond donors (Lipinski definition) is 2.